The molecule has 0 fully saturated rings. The fourth-order valence-corrected chi connectivity index (χ4v) is 3.24. The lowest BCUT2D eigenvalue weighted by molar-refractivity contribution is 0.0911. The molecule has 0 radical (unpaired) electrons. The lowest BCUT2D eigenvalue weighted by Gasteiger charge is -2.29. The second kappa shape index (κ2) is 4.92. The van der Waals surface area contributed by atoms with Gasteiger partial charge in [-0.2, -0.15) is 0 Å². The van der Waals surface area contributed by atoms with Crippen molar-refractivity contribution in [3.8, 4) is 11.4 Å². The van der Waals surface area contributed by atoms with Crippen molar-refractivity contribution >= 4 is 17.4 Å². The Labute approximate surface area is 129 Å². The molecule has 4 heteroatoms. The summed E-state index contributed by atoms with van der Waals surface area (Å²) < 4.78 is 7.24. The van der Waals surface area contributed by atoms with Gasteiger partial charge in [0.25, 0.3) is 0 Å². The molecule has 0 atom stereocenters. The van der Waals surface area contributed by atoms with Gasteiger partial charge in [0.2, 0.25) is 0 Å². The zero-order chi connectivity index (χ0) is 15.2. The molecule has 3 rings (SSSR count). The highest BCUT2D eigenvalue weighted by Gasteiger charge is 2.33. The van der Waals surface area contributed by atoms with Gasteiger partial charge in [-0.25, -0.2) is 0 Å². The van der Waals surface area contributed by atoms with E-state index in [1.54, 1.807) is 7.11 Å². The minimum atomic E-state index is -0.00352. The van der Waals surface area contributed by atoms with Crippen molar-refractivity contribution in [2.24, 2.45) is 5.41 Å². The fraction of sp³-hybridized carbons (Fsp3) is 0.353. The molecule has 0 spiro atoms. The highest BCUT2D eigenvalue weighted by molar-refractivity contribution is 6.32. The Balaban J connectivity index is 2.09. The van der Waals surface area contributed by atoms with Crippen molar-refractivity contribution in [2.45, 2.75) is 26.7 Å². The van der Waals surface area contributed by atoms with Crippen LogP contribution in [-0.4, -0.2) is 17.5 Å². The lowest BCUT2D eigenvalue weighted by atomic mass is 9.76. The van der Waals surface area contributed by atoms with E-state index in [1.807, 2.05) is 30.5 Å². The Morgan fingerprint density at radius 2 is 2.00 bits per heavy atom. The van der Waals surface area contributed by atoms with Crippen LogP contribution in [0.5, 0.6) is 5.75 Å². The van der Waals surface area contributed by atoms with Crippen LogP contribution in [0.25, 0.3) is 5.69 Å². The number of carbonyl (C=O) groups is 1. The number of halogens is 1. The van der Waals surface area contributed by atoms with Crippen LogP contribution >= 0.6 is 11.6 Å². The summed E-state index contributed by atoms with van der Waals surface area (Å²) in [5, 5.41) is 0.568. The van der Waals surface area contributed by atoms with Crippen LogP contribution in [0.3, 0.4) is 0 Å². The smallest absolute Gasteiger partial charge is 0.165 e. The summed E-state index contributed by atoms with van der Waals surface area (Å²) in [7, 11) is 1.60. The number of aromatic nitrogens is 1. The number of hydrogen-bond acceptors (Lipinski definition) is 2. The quantitative estimate of drug-likeness (QED) is 0.828. The van der Waals surface area contributed by atoms with Crippen LogP contribution in [0, 0.1) is 5.41 Å². The summed E-state index contributed by atoms with van der Waals surface area (Å²) in [6, 6.07) is 7.58. The average Bonchev–Trinajstić information content (AvgIpc) is 2.81. The third-order valence-electron chi connectivity index (χ3n) is 3.99. The number of rotatable bonds is 2. The zero-order valence-electron chi connectivity index (χ0n) is 12.4. The summed E-state index contributed by atoms with van der Waals surface area (Å²) in [5.41, 5.74) is 2.85. The monoisotopic (exact) mass is 303 g/mol. The van der Waals surface area contributed by atoms with Crippen LogP contribution in [0.4, 0.5) is 0 Å². The van der Waals surface area contributed by atoms with Crippen molar-refractivity contribution in [2.75, 3.05) is 7.11 Å². The van der Waals surface area contributed by atoms with Gasteiger partial charge in [-0.1, -0.05) is 25.4 Å². The molecule has 110 valence electrons. The van der Waals surface area contributed by atoms with E-state index in [9.17, 15) is 4.79 Å². The van der Waals surface area contributed by atoms with Crippen LogP contribution in [0.2, 0.25) is 5.02 Å². The number of ketones is 1. The maximum atomic E-state index is 12.3. The maximum absolute atomic E-state index is 12.3. The molecule has 0 bridgehead atoms. The molecule has 1 aliphatic carbocycles. The van der Waals surface area contributed by atoms with Gasteiger partial charge in [0.05, 0.1) is 12.1 Å². The van der Waals surface area contributed by atoms with Crippen LogP contribution < -0.4 is 4.74 Å². The standard InChI is InChI=1S/C17H18ClNO2/c1-17(2)9-14-12(15(20)10-17)6-7-19(14)11-4-5-16(21-3)13(18)8-11/h4-8H,9-10H2,1-3H3. The van der Waals surface area contributed by atoms with Crippen molar-refractivity contribution in [3.63, 3.8) is 0 Å². The van der Waals surface area contributed by atoms with Gasteiger partial charge in [0.1, 0.15) is 5.75 Å². The number of fused-ring (bicyclic) bond motifs is 1. The number of benzene rings is 1. The van der Waals surface area contributed by atoms with Gasteiger partial charge in [-0.15, -0.1) is 0 Å². The Morgan fingerprint density at radius 1 is 1.24 bits per heavy atom. The van der Waals surface area contributed by atoms with E-state index in [0.717, 1.165) is 23.4 Å². The second-order valence-electron chi connectivity index (χ2n) is 6.31. The molecule has 2 aromatic rings. The van der Waals surface area contributed by atoms with E-state index in [-0.39, 0.29) is 11.2 Å². The number of hydrogen-bond donors (Lipinski definition) is 0. The van der Waals surface area contributed by atoms with Crippen molar-refractivity contribution < 1.29 is 9.53 Å². The third kappa shape index (κ3) is 2.46. The van der Waals surface area contributed by atoms with E-state index in [2.05, 4.69) is 18.4 Å². The molecule has 1 aromatic carbocycles. The SMILES string of the molecule is COc1ccc(-n2ccc3c2CC(C)(C)CC3=O)cc1Cl. The molecule has 3 nitrogen and oxygen atoms in total. The van der Waals surface area contributed by atoms with Crippen LogP contribution in [0.1, 0.15) is 36.3 Å². The molecular formula is C17H18ClNO2. The van der Waals surface area contributed by atoms with E-state index < -0.39 is 0 Å². The Bertz CT molecular complexity index is 716. The first-order valence-corrected chi connectivity index (χ1v) is 7.36. The first-order chi connectivity index (χ1) is 9.91. The molecule has 1 heterocycles. The predicted molar refractivity (Wildman–Crippen MR) is 83.8 cm³/mol. The lowest BCUT2D eigenvalue weighted by Crippen LogP contribution is -2.27. The molecule has 0 saturated carbocycles. The molecule has 0 aliphatic heterocycles. The average molecular weight is 304 g/mol. The highest BCUT2D eigenvalue weighted by atomic mass is 35.5. The van der Waals surface area contributed by atoms with Crippen LogP contribution in [0.15, 0.2) is 30.5 Å². The Morgan fingerprint density at radius 3 is 2.67 bits per heavy atom. The summed E-state index contributed by atoms with van der Waals surface area (Å²) in [4.78, 5) is 12.3. The summed E-state index contributed by atoms with van der Waals surface area (Å²) >= 11 is 6.21. The maximum Gasteiger partial charge on any atom is 0.165 e. The van der Waals surface area contributed by atoms with Crippen molar-refractivity contribution in [1.82, 2.24) is 4.57 Å². The third-order valence-corrected chi connectivity index (χ3v) is 4.29. The zero-order valence-corrected chi connectivity index (χ0v) is 13.2. The molecule has 0 unspecified atom stereocenters. The van der Waals surface area contributed by atoms with Gasteiger partial charge < -0.3 is 9.30 Å². The van der Waals surface area contributed by atoms with Gasteiger partial charge >= 0.3 is 0 Å². The fourth-order valence-electron chi connectivity index (χ4n) is 2.99. The molecular weight excluding hydrogens is 286 g/mol. The number of ether oxygens (including phenoxy) is 1. The topological polar surface area (TPSA) is 31.2 Å². The molecule has 0 amide bonds. The summed E-state index contributed by atoms with van der Waals surface area (Å²) in [6.45, 7) is 4.26. The van der Waals surface area contributed by atoms with Gasteiger partial charge in [0.15, 0.2) is 5.78 Å². The number of Topliss-reactive ketones (excluding diaryl/α,β-unsaturated/α-hetero) is 1. The minimum Gasteiger partial charge on any atom is -0.495 e. The number of methoxy groups -OCH3 is 1. The van der Waals surface area contributed by atoms with E-state index >= 15 is 0 Å². The normalized spacial score (nSPS) is 16.7. The molecule has 1 aliphatic rings. The Hall–Kier alpha value is -1.74. The number of carbonyl (C=O) groups excluding carboxylic acids is 1. The largest absolute Gasteiger partial charge is 0.495 e. The Kier molecular flexibility index (Phi) is 3.33. The molecule has 1 aromatic heterocycles. The first kappa shape index (κ1) is 14.2. The van der Waals surface area contributed by atoms with Crippen molar-refractivity contribution in [3.05, 3.63) is 46.7 Å². The number of nitrogens with zero attached hydrogens (tertiary/aromatic N) is 1. The summed E-state index contributed by atoms with van der Waals surface area (Å²) in [6.07, 6.45) is 3.43. The van der Waals surface area contributed by atoms with Gasteiger partial charge in [-0.05, 0) is 36.1 Å². The van der Waals surface area contributed by atoms with Crippen LogP contribution in [-0.2, 0) is 6.42 Å². The first-order valence-electron chi connectivity index (χ1n) is 6.99. The predicted octanol–water partition coefficient (Wildman–Crippen LogP) is 4.29. The summed E-state index contributed by atoms with van der Waals surface area (Å²) in [5.74, 6) is 0.873. The van der Waals surface area contributed by atoms with E-state index in [4.69, 9.17) is 16.3 Å². The second-order valence-corrected chi connectivity index (χ2v) is 6.71. The van der Waals surface area contributed by atoms with Gasteiger partial charge in [0, 0.05) is 29.6 Å². The highest BCUT2D eigenvalue weighted by Crippen LogP contribution is 2.37. The minimum absolute atomic E-state index is 0.00352. The van der Waals surface area contributed by atoms with Crippen molar-refractivity contribution in [1.29, 1.82) is 0 Å². The van der Waals surface area contributed by atoms with E-state index in [0.29, 0.717) is 17.2 Å². The molecule has 0 saturated heterocycles. The molecule has 0 N–H and O–H groups in total. The van der Waals surface area contributed by atoms with Gasteiger partial charge in [-0.3, -0.25) is 4.79 Å². The molecule has 21 heavy (non-hydrogen) atoms. The van der Waals surface area contributed by atoms with E-state index in [1.165, 1.54) is 0 Å².